The number of rotatable bonds is 4. The summed E-state index contributed by atoms with van der Waals surface area (Å²) in [6, 6.07) is 24.2. The maximum Gasteiger partial charge on any atom is 0.247 e. The van der Waals surface area contributed by atoms with Gasteiger partial charge in [0.25, 0.3) is 0 Å². The molecule has 1 aliphatic rings. The zero-order valence-corrected chi connectivity index (χ0v) is 15.8. The van der Waals surface area contributed by atoms with Crippen LogP contribution in [-0.2, 0) is 6.42 Å². The maximum atomic E-state index is 14.9. The molecule has 1 aliphatic heterocycles. The van der Waals surface area contributed by atoms with Gasteiger partial charge in [0.2, 0.25) is 11.8 Å². The minimum atomic E-state index is -0.484. The highest BCUT2D eigenvalue weighted by molar-refractivity contribution is 5.59. The smallest absolute Gasteiger partial charge is 0.247 e. The third kappa shape index (κ3) is 3.29. The summed E-state index contributed by atoms with van der Waals surface area (Å²) < 4.78 is 20.9. The van der Waals surface area contributed by atoms with E-state index in [0.29, 0.717) is 17.3 Å². The van der Waals surface area contributed by atoms with Crippen LogP contribution in [0.15, 0.2) is 83.3 Å². The molecule has 1 atom stereocenters. The number of para-hydroxylation sites is 1. The van der Waals surface area contributed by atoms with Crippen molar-refractivity contribution < 1.29 is 8.81 Å². The van der Waals surface area contributed by atoms with E-state index < -0.39 is 6.04 Å². The van der Waals surface area contributed by atoms with E-state index in [0.717, 1.165) is 30.6 Å². The van der Waals surface area contributed by atoms with Crippen LogP contribution in [0.4, 0.5) is 10.1 Å². The molecule has 0 aliphatic carbocycles. The molecule has 4 nitrogen and oxygen atoms in total. The van der Waals surface area contributed by atoms with Gasteiger partial charge in [-0.1, -0.05) is 54.6 Å². The van der Waals surface area contributed by atoms with Gasteiger partial charge >= 0.3 is 0 Å². The third-order valence-electron chi connectivity index (χ3n) is 5.35. The first kappa shape index (κ1) is 17.6. The molecular formula is C24H20FN3O. The van der Waals surface area contributed by atoms with E-state index in [2.05, 4.69) is 27.2 Å². The van der Waals surface area contributed by atoms with Crippen LogP contribution >= 0.6 is 0 Å². The molecule has 0 amide bonds. The van der Waals surface area contributed by atoms with Crippen LogP contribution in [0.1, 0.15) is 29.5 Å². The van der Waals surface area contributed by atoms with Crippen molar-refractivity contribution >= 4 is 5.69 Å². The molecule has 5 rings (SSSR count). The number of anilines is 1. The minimum absolute atomic E-state index is 0.278. The molecular weight excluding hydrogens is 365 g/mol. The van der Waals surface area contributed by atoms with Gasteiger partial charge in [-0.05, 0) is 42.7 Å². The lowest BCUT2D eigenvalue weighted by Crippen LogP contribution is -2.34. The molecule has 29 heavy (non-hydrogen) atoms. The summed E-state index contributed by atoms with van der Waals surface area (Å²) in [5.41, 5.74) is 3.72. The van der Waals surface area contributed by atoms with Crippen LogP contribution in [-0.4, -0.2) is 16.7 Å². The SMILES string of the molecule is Fc1ccccc1C(c1nnc(-c2ccccc2)o1)N1CCCc2ccccc21. The molecule has 0 spiro atoms. The van der Waals surface area contributed by atoms with Crippen LogP contribution in [0.2, 0.25) is 0 Å². The van der Waals surface area contributed by atoms with Crippen molar-refractivity contribution in [3.05, 3.63) is 102 Å². The quantitative estimate of drug-likeness (QED) is 0.471. The van der Waals surface area contributed by atoms with Crippen molar-refractivity contribution in [1.82, 2.24) is 10.2 Å². The number of nitrogens with zero attached hydrogens (tertiary/aromatic N) is 3. The number of benzene rings is 3. The largest absolute Gasteiger partial charge is 0.418 e. The van der Waals surface area contributed by atoms with E-state index in [1.165, 1.54) is 11.6 Å². The molecule has 1 unspecified atom stereocenters. The number of aryl methyl sites for hydroxylation is 1. The van der Waals surface area contributed by atoms with Gasteiger partial charge in [-0.3, -0.25) is 0 Å². The van der Waals surface area contributed by atoms with Crippen molar-refractivity contribution in [1.29, 1.82) is 0 Å². The van der Waals surface area contributed by atoms with Crippen LogP contribution in [0.5, 0.6) is 0 Å². The van der Waals surface area contributed by atoms with Crippen molar-refractivity contribution in [3.63, 3.8) is 0 Å². The van der Waals surface area contributed by atoms with E-state index in [-0.39, 0.29) is 5.82 Å². The highest BCUT2D eigenvalue weighted by atomic mass is 19.1. The zero-order valence-electron chi connectivity index (χ0n) is 15.8. The average Bonchev–Trinajstić information content (AvgIpc) is 3.26. The molecule has 0 N–H and O–H groups in total. The Morgan fingerprint density at radius 3 is 2.48 bits per heavy atom. The van der Waals surface area contributed by atoms with E-state index in [1.54, 1.807) is 12.1 Å². The summed E-state index contributed by atoms with van der Waals surface area (Å²) in [6.45, 7) is 0.791. The number of hydrogen-bond donors (Lipinski definition) is 0. The van der Waals surface area contributed by atoms with Crippen LogP contribution in [0.25, 0.3) is 11.5 Å². The number of fused-ring (bicyclic) bond motifs is 1. The molecule has 0 radical (unpaired) electrons. The van der Waals surface area contributed by atoms with E-state index >= 15 is 0 Å². The number of halogens is 1. The van der Waals surface area contributed by atoms with E-state index in [9.17, 15) is 4.39 Å². The number of aromatic nitrogens is 2. The van der Waals surface area contributed by atoms with Gasteiger partial charge in [0.15, 0.2) is 0 Å². The van der Waals surface area contributed by atoms with Crippen molar-refractivity contribution in [2.24, 2.45) is 0 Å². The first-order valence-corrected chi connectivity index (χ1v) is 9.79. The zero-order chi connectivity index (χ0) is 19.6. The summed E-state index contributed by atoms with van der Waals surface area (Å²) in [6.07, 6.45) is 2.00. The second-order valence-corrected chi connectivity index (χ2v) is 7.16. The monoisotopic (exact) mass is 385 g/mol. The summed E-state index contributed by atoms with van der Waals surface area (Å²) in [5.74, 6) is 0.554. The van der Waals surface area contributed by atoms with Crippen molar-refractivity contribution in [2.45, 2.75) is 18.9 Å². The topological polar surface area (TPSA) is 42.2 Å². The van der Waals surface area contributed by atoms with Crippen molar-refractivity contribution in [2.75, 3.05) is 11.4 Å². The first-order valence-electron chi connectivity index (χ1n) is 9.79. The molecule has 0 saturated carbocycles. The fourth-order valence-electron chi connectivity index (χ4n) is 4.00. The Labute approximate surface area is 168 Å². The lowest BCUT2D eigenvalue weighted by molar-refractivity contribution is 0.452. The Morgan fingerprint density at radius 1 is 0.862 bits per heavy atom. The van der Waals surface area contributed by atoms with Gasteiger partial charge in [-0.25, -0.2) is 4.39 Å². The lowest BCUT2D eigenvalue weighted by atomic mass is 9.96. The Kier molecular flexibility index (Phi) is 4.56. The Morgan fingerprint density at radius 2 is 1.62 bits per heavy atom. The molecule has 0 saturated heterocycles. The highest BCUT2D eigenvalue weighted by Crippen LogP contribution is 2.38. The fraction of sp³-hybridized carbons (Fsp3) is 0.167. The number of hydrogen-bond acceptors (Lipinski definition) is 4. The van der Waals surface area contributed by atoms with E-state index in [4.69, 9.17) is 4.42 Å². The van der Waals surface area contributed by atoms with Gasteiger partial charge in [0.05, 0.1) is 0 Å². The van der Waals surface area contributed by atoms with Gasteiger partial charge in [0, 0.05) is 23.4 Å². The molecule has 4 aromatic rings. The fourth-order valence-corrected chi connectivity index (χ4v) is 4.00. The Bertz CT molecular complexity index is 1130. The summed E-state index contributed by atoms with van der Waals surface area (Å²) in [4.78, 5) is 2.18. The van der Waals surface area contributed by atoms with Crippen LogP contribution in [0.3, 0.4) is 0 Å². The third-order valence-corrected chi connectivity index (χ3v) is 5.35. The first-order chi connectivity index (χ1) is 14.3. The van der Waals surface area contributed by atoms with Crippen molar-refractivity contribution in [3.8, 4) is 11.5 Å². The molecule has 5 heteroatoms. The Hall–Kier alpha value is -3.47. The second kappa shape index (κ2) is 7.51. The maximum absolute atomic E-state index is 14.9. The standard InChI is InChI=1S/C24H20FN3O/c25-20-14-6-5-13-19(20)22(28-16-8-12-17-9-4-7-15-21(17)28)24-27-26-23(29-24)18-10-2-1-3-11-18/h1-7,9-11,13-15,22H,8,12,16H2. The van der Waals surface area contributed by atoms with Gasteiger partial charge in [-0.15, -0.1) is 10.2 Å². The molecule has 144 valence electrons. The summed E-state index contributed by atoms with van der Waals surface area (Å²) in [5, 5.41) is 8.58. The normalized spacial score (nSPS) is 14.4. The van der Waals surface area contributed by atoms with E-state index in [1.807, 2.05) is 48.5 Å². The van der Waals surface area contributed by atoms with Crippen LogP contribution < -0.4 is 4.90 Å². The minimum Gasteiger partial charge on any atom is -0.418 e. The highest BCUT2D eigenvalue weighted by Gasteiger charge is 2.32. The summed E-state index contributed by atoms with van der Waals surface area (Å²) >= 11 is 0. The Balaban J connectivity index is 1.64. The predicted octanol–water partition coefficient (Wildman–Crippen LogP) is 5.42. The molecule has 0 fully saturated rings. The molecule has 2 heterocycles. The van der Waals surface area contributed by atoms with Gasteiger partial charge in [-0.2, -0.15) is 0 Å². The molecule has 1 aromatic heterocycles. The lowest BCUT2D eigenvalue weighted by Gasteiger charge is -2.36. The second-order valence-electron chi connectivity index (χ2n) is 7.16. The average molecular weight is 385 g/mol. The predicted molar refractivity (Wildman–Crippen MR) is 110 cm³/mol. The molecule has 3 aromatic carbocycles. The van der Waals surface area contributed by atoms with Crippen LogP contribution in [0, 0.1) is 5.82 Å². The summed E-state index contributed by atoms with van der Waals surface area (Å²) in [7, 11) is 0. The van der Waals surface area contributed by atoms with Gasteiger partial charge in [0.1, 0.15) is 11.9 Å². The van der Waals surface area contributed by atoms with Gasteiger partial charge < -0.3 is 9.32 Å². The molecule has 0 bridgehead atoms.